The summed E-state index contributed by atoms with van der Waals surface area (Å²) >= 11 is 0. The molecule has 0 aliphatic heterocycles. The number of hydrogen-bond acceptors (Lipinski definition) is 5. The quantitative estimate of drug-likeness (QED) is 0.708. The highest BCUT2D eigenvalue weighted by Crippen LogP contribution is 2.34. The van der Waals surface area contributed by atoms with E-state index in [0.29, 0.717) is 23.7 Å². The molecule has 2 aromatic carbocycles. The number of halogens is 1. The highest BCUT2D eigenvalue weighted by Gasteiger charge is 2.26. The van der Waals surface area contributed by atoms with E-state index in [9.17, 15) is 14.3 Å². The lowest BCUT2D eigenvalue weighted by molar-refractivity contribution is 0.0932. The number of hydrogen-bond donors (Lipinski definition) is 2. The van der Waals surface area contributed by atoms with E-state index in [-0.39, 0.29) is 18.2 Å². The molecule has 2 N–H and O–H groups in total. The summed E-state index contributed by atoms with van der Waals surface area (Å²) < 4.78 is 19.2. The number of carbonyl (C=O) groups excluding carboxylic acids is 1. The van der Waals surface area contributed by atoms with E-state index in [1.807, 2.05) is 25.1 Å². The van der Waals surface area contributed by atoms with Crippen LogP contribution < -0.4 is 5.32 Å². The van der Waals surface area contributed by atoms with E-state index in [1.165, 1.54) is 18.2 Å². The fourth-order valence-electron chi connectivity index (χ4n) is 3.50. The molecule has 3 aromatic rings. The van der Waals surface area contributed by atoms with Gasteiger partial charge in [-0.05, 0) is 47.7 Å². The Hall–Kier alpha value is -3.06. The van der Waals surface area contributed by atoms with Crippen LogP contribution in [0.2, 0.25) is 0 Å². The number of nitrogens with one attached hydrogen (secondary N) is 1. The van der Waals surface area contributed by atoms with Crippen LogP contribution in [0.5, 0.6) is 0 Å². The zero-order valence-corrected chi connectivity index (χ0v) is 15.4. The smallest absolute Gasteiger partial charge is 0.254 e. The molecule has 1 aromatic heterocycles. The third-order valence-corrected chi connectivity index (χ3v) is 5.01. The van der Waals surface area contributed by atoms with Gasteiger partial charge < -0.3 is 14.9 Å². The molecular weight excluding hydrogens is 361 g/mol. The number of nitrogens with zero attached hydrogens (tertiary/aromatic N) is 2. The number of aromatic nitrogens is 2. The van der Waals surface area contributed by atoms with Gasteiger partial charge in [0.05, 0.1) is 18.2 Å². The predicted molar refractivity (Wildman–Crippen MR) is 100.0 cm³/mol. The summed E-state index contributed by atoms with van der Waals surface area (Å²) in [6, 6.07) is 9.71. The molecule has 0 radical (unpaired) electrons. The fraction of sp³-hybridized carbons (Fsp3) is 0.286. The molecule has 144 valence electrons. The van der Waals surface area contributed by atoms with Crippen LogP contribution in [0.1, 0.15) is 52.3 Å². The van der Waals surface area contributed by atoms with Gasteiger partial charge in [0.1, 0.15) is 5.82 Å². The van der Waals surface area contributed by atoms with Gasteiger partial charge in [-0.2, -0.15) is 4.98 Å². The third-order valence-electron chi connectivity index (χ3n) is 5.01. The second kappa shape index (κ2) is 7.52. The van der Waals surface area contributed by atoms with Gasteiger partial charge in [-0.15, -0.1) is 0 Å². The number of fused-ring (bicyclic) bond motifs is 1. The van der Waals surface area contributed by atoms with Crippen molar-refractivity contribution in [3.05, 3.63) is 70.4 Å². The van der Waals surface area contributed by atoms with Crippen LogP contribution in [0.15, 0.2) is 40.9 Å². The normalized spacial score (nSPS) is 15.5. The van der Waals surface area contributed by atoms with Crippen molar-refractivity contribution in [2.45, 2.75) is 38.8 Å². The molecule has 0 fully saturated rings. The van der Waals surface area contributed by atoms with Crippen molar-refractivity contribution >= 4 is 5.91 Å². The number of rotatable bonds is 5. The Morgan fingerprint density at radius 3 is 2.93 bits per heavy atom. The van der Waals surface area contributed by atoms with Crippen LogP contribution in [0.4, 0.5) is 4.39 Å². The molecule has 0 unspecified atom stereocenters. The molecule has 7 heteroatoms. The summed E-state index contributed by atoms with van der Waals surface area (Å²) in [5, 5.41) is 16.1. The van der Waals surface area contributed by atoms with Crippen LogP contribution in [0.25, 0.3) is 11.4 Å². The maximum absolute atomic E-state index is 14.0. The average molecular weight is 381 g/mol. The van der Waals surface area contributed by atoms with Crippen molar-refractivity contribution in [2.75, 3.05) is 0 Å². The zero-order chi connectivity index (χ0) is 19.7. The summed E-state index contributed by atoms with van der Waals surface area (Å²) in [7, 11) is 0. The first kappa shape index (κ1) is 18.3. The number of aryl methyl sites for hydroxylation is 2. The average Bonchev–Trinajstić information content (AvgIpc) is 3.35. The van der Waals surface area contributed by atoms with Crippen LogP contribution in [0.3, 0.4) is 0 Å². The summed E-state index contributed by atoms with van der Waals surface area (Å²) in [5.74, 6) is 0.0513. The first-order valence-corrected chi connectivity index (χ1v) is 9.25. The highest BCUT2D eigenvalue weighted by atomic mass is 19.1. The van der Waals surface area contributed by atoms with E-state index >= 15 is 0 Å². The first-order chi connectivity index (χ1) is 13.6. The monoisotopic (exact) mass is 381 g/mol. The van der Waals surface area contributed by atoms with Gasteiger partial charge in [0.25, 0.3) is 5.91 Å². The number of benzene rings is 2. The number of carbonyl (C=O) groups is 1. The lowest BCUT2D eigenvalue weighted by Gasteiger charge is -2.15. The van der Waals surface area contributed by atoms with Crippen LogP contribution in [0, 0.1) is 5.82 Å². The van der Waals surface area contributed by atoms with E-state index in [0.717, 1.165) is 29.5 Å². The minimum atomic E-state index is -0.605. The Balaban J connectivity index is 1.54. The second-order valence-electron chi connectivity index (χ2n) is 6.82. The standard InChI is InChI=1S/C21H20FN3O3/c1-2-19-24-20(25-28-19)14-4-6-15-13(10-14)5-8-18(15)23-21(27)16-9-12(11-26)3-7-17(16)22/h3-4,6-7,9-10,18,26H,2,5,8,11H2,1H3,(H,23,27)/t18-/m1/s1. The largest absolute Gasteiger partial charge is 0.392 e. The van der Waals surface area contributed by atoms with Crippen molar-refractivity contribution in [2.24, 2.45) is 0 Å². The zero-order valence-electron chi connectivity index (χ0n) is 15.4. The minimum Gasteiger partial charge on any atom is -0.392 e. The summed E-state index contributed by atoms with van der Waals surface area (Å²) in [6.07, 6.45) is 2.21. The lowest BCUT2D eigenvalue weighted by Crippen LogP contribution is -2.28. The molecule has 1 aliphatic rings. The van der Waals surface area contributed by atoms with Crippen LogP contribution in [-0.4, -0.2) is 21.2 Å². The van der Waals surface area contributed by atoms with Gasteiger partial charge in [-0.3, -0.25) is 4.79 Å². The van der Waals surface area contributed by atoms with Gasteiger partial charge in [0, 0.05) is 12.0 Å². The molecule has 1 aliphatic carbocycles. The number of aliphatic hydroxyl groups is 1. The maximum atomic E-state index is 14.0. The van der Waals surface area contributed by atoms with Crippen molar-refractivity contribution in [3.8, 4) is 11.4 Å². The number of amides is 1. The van der Waals surface area contributed by atoms with Crippen molar-refractivity contribution in [1.29, 1.82) is 0 Å². The molecule has 0 bridgehead atoms. The Morgan fingerprint density at radius 1 is 1.32 bits per heavy atom. The molecule has 6 nitrogen and oxygen atoms in total. The van der Waals surface area contributed by atoms with Crippen molar-refractivity contribution < 1.29 is 18.8 Å². The second-order valence-corrected chi connectivity index (χ2v) is 6.82. The molecule has 28 heavy (non-hydrogen) atoms. The van der Waals surface area contributed by atoms with Gasteiger partial charge in [-0.1, -0.05) is 30.3 Å². The summed E-state index contributed by atoms with van der Waals surface area (Å²) in [6.45, 7) is 1.71. The fourth-order valence-corrected chi connectivity index (χ4v) is 3.50. The van der Waals surface area contributed by atoms with Gasteiger partial charge >= 0.3 is 0 Å². The van der Waals surface area contributed by atoms with Gasteiger partial charge in [0.2, 0.25) is 11.7 Å². The molecule has 0 spiro atoms. The van der Waals surface area contributed by atoms with Gasteiger partial charge in [-0.25, -0.2) is 4.39 Å². The molecule has 0 saturated carbocycles. The molecule has 1 heterocycles. The summed E-state index contributed by atoms with van der Waals surface area (Å²) in [4.78, 5) is 16.9. The van der Waals surface area contributed by atoms with Crippen LogP contribution in [-0.2, 0) is 19.4 Å². The Labute approximate surface area is 161 Å². The van der Waals surface area contributed by atoms with Crippen molar-refractivity contribution in [1.82, 2.24) is 15.5 Å². The first-order valence-electron chi connectivity index (χ1n) is 9.25. The predicted octanol–water partition coefficient (Wildman–Crippen LogP) is 3.35. The van der Waals surface area contributed by atoms with Crippen molar-refractivity contribution in [3.63, 3.8) is 0 Å². The molecular formula is C21H20FN3O3. The molecule has 0 saturated heterocycles. The topological polar surface area (TPSA) is 88.2 Å². The molecule has 4 rings (SSSR count). The van der Waals surface area contributed by atoms with E-state index in [2.05, 4.69) is 15.5 Å². The maximum Gasteiger partial charge on any atom is 0.254 e. The lowest BCUT2D eigenvalue weighted by atomic mass is 10.0. The van der Waals surface area contributed by atoms with Crippen LogP contribution >= 0.6 is 0 Å². The molecule has 1 atom stereocenters. The molecule has 1 amide bonds. The van der Waals surface area contributed by atoms with E-state index in [1.54, 1.807) is 0 Å². The van der Waals surface area contributed by atoms with Gasteiger partial charge in [0.15, 0.2) is 0 Å². The SMILES string of the molecule is CCc1nc(-c2ccc3c(c2)CC[C@H]3NC(=O)c2cc(CO)ccc2F)no1. The number of aliphatic hydroxyl groups excluding tert-OH is 1. The third kappa shape index (κ3) is 3.41. The Morgan fingerprint density at radius 2 is 2.18 bits per heavy atom. The highest BCUT2D eigenvalue weighted by molar-refractivity contribution is 5.95. The Bertz CT molecular complexity index is 1030. The van der Waals surface area contributed by atoms with E-state index in [4.69, 9.17) is 4.52 Å². The Kier molecular flexibility index (Phi) is 4.92. The minimum absolute atomic E-state index is 0.0597. The summed E-state index contributed by atoms with van der Waals surface area (Å²) in [5.41, 5.74) is 3.42. The van der Waals surface area contributed by atoms with E-state index < -0.39 is 11.7 Å².